The van der Waals surface area contributed by atoms with Gasteiger partial charge in [0.15, 0.2) is 6.23 Å². The molecule has 0 saturated carbocycles. The van der Waals surface area contributed by atoms with Crippen LogP contribution in [0.15, 0.2) is 15.8 Å². The number of aromatic amines is 1. The highest BCUT2D eigenvalue weighted by molar-refractivity contribution is 7.66. The highest BCUT2D eigenvalue weighted by atomic mass is 31.3. The van der Waals surface area contributed by atoms with Gasteiger partial charge in [-0.15, -0.1) is 0 Å². The minimum absolute atomic E-state index is 0.0896. The van der Waals surface area contributed by atoms with Crippen LogP contribution in [0, 0.1) is 6.92 Å². The first-order valence-electron chi connectivity index (χ1n) is 7.04. The third kappa shape index (κ3) is 6.00. The van der Waals surface area contributed by atoms with E-state index >= 15 is 0 Å². The zero-order valence-electron chi connectivity index (χ0n) is 13.7. The molecule has 1 aromatic rings. The summed E-state index contributed by atoms with van der Waals surface area (Å²) in [6.07, 6.45) is -3.86. The van der Waals surface area contributed by atoms with Crippen LogP contribution >= 0.6 is 23.5 Å². The largest absolute Gasteiger partial charge is 0.490 e. The zero-order valence-corrected chi connectivity index (χ0v) is 16.4. The maximum atomic E-state index is 11.8. The van der Waals surface area contributed by atoms with Crippen LogP contribution in [-0.2, 0) is 31.6 Å². The number of phosphoric ester groups is 1. The summed E-state index contributed by atoms with van der Waals surface area (Å²) in [6, 6.07) is 0. The van der Waals surface area contributed by atoms with Crippen LogP contribution in [0.25, 0.3) is 0 Å². The van der Waals surface area contributed by atoms with E-state index in [9.17, 15) is 33.3 Å². The van der Waals surface area contributed by atoms with Gasteiger partial charge in [0, 0.05) is 11.8 Å². The zero-order chi connectivity index (χ0) is 21.5. The van der Waals surface area contributed by atoms with E-state index in [-0.39, 0.29) is 5.56 Å². The molecule has 1 aliphatic heterocycles. The maximum absolute atomic E-state index is 11.8. The summed E-state index contributed by atoms with van der Waals surface area (Å²) in [6.45, 7) is 0.763. The number of H-pyrrole nitrogens is 1. The number of phosphoric acid groups is 3. The van der Waals surface area contributed by atoms with E-state index in [0.29, 0.717) is 0 Å². The number of rotatable bonds is 7. The van der Waals surface area contributed by atoms with Crippen molar-refractivity contribution < 1.29 is 56.3 Å². The Labute approximate surface area is 154 Å². The average Bonchev–Trinajstić information content (AvgIpc) is 2.79. The molecular formula is C9H15N2O14P3. The van der Waals surface area contributed by atoms with Gasteiger partial charge in [0.2, 0.25) is 0 Å². The van der Waals surface area contributed by atoms with Crippen LogP contribution < -0.4 is 11.2 Å². The number of nitrogens with one attached hydrogen (secondary N) is 1. The fourth-order valence-electron chi connectivity index (χ4n) is 2.16. The molecule has 2 heterocycles. The summed E-state index contributed by atoms with van der Waals surface area (Å²) in [5.74, 6) is 0. The van der Waals surface area contributed by atoms with Crippen LogP contribution in [0.3, 0.4) is 0 Å². The van der Waals surface area contributed by atoms with Gasteiger partial charge < -0.3 is 29.4 Å². The van der Waals surface area contributed by atoms with Crippen molar-refractivity contribution in [3.8, 4) is 0 Å². The maximum Gasteiger partial charge on any atom is 0.490 e. The Hall–Kier alpha value is -0.990. The van der Waals surface area contributed by atoms with Gasteiger partial charge >= 0.3 is 29.2 Å². The lowest BCUT2D eigenvalue weighted by atomic mass is 10.2. The lowest BCUT2D eigenvalue weighted by Crippen LogP contribution is -2.38. The molecule has 2 rings (SSSR count). The Bertz CT molecular complexity index is 995. The standard InChI is InChI=1S/C9H15N2O14P3/c1-4-2-11(9(14)10-7(4)13)8-6(12)5(3-22-8)23-27(18,19)25-28(20,21)24-26(15,16)17/h2,5-6,8,12H,3H2,1H3,(H,18,19)(H,20,21)(H,10,13,14)(H2,15,16,17)/t5-,6+,8+/m0/s1. The molecule has 0 bridgehead atoms. The summed E-state index contributed by atoms with van der Waals surface area (Å²) in [5.41, 5.74) is -1.55. The van der Waals surface area contributed by atoms with Crippen molar-refractivity contribution in [3.05, 3.63) is 32.6 Å². The second-order valence-electron chi connectivity index (χ2n) is 5.43. The van der Waals surface area contributed by atoms with E-state index in [0.717, 1.165) is 10.8 Å². The Kier molecular flexibility index (Phi) is 6.68. The molecule has 0 aromatic carbocycles. The Morgan fingerprint density at radius 1 is 1.14 bits per heavy atom. The molecule has 1 saturated heterocycles. The summed E-state index contributed by atoms with van der Waals surface area (Å²) < 4.78 is 51.1. The number of aliphatic hydroxyl groups is 1. The first-order chi connectivity index (χ1) is 12.6. The van der Waals surface area contributed by atoms with Gasteiger partial charge in [0.25, 0.3) is 5.56 Å². The molecule has 1 aromatic heterocycles. The molecule has 0 aliphatic carbocycles. The van der Waals surface area contributed by atoms with E-state index in [1.165, 1.54) is 6.92 Å². The summed E-state index contributed by atoms with van der Waals surface area (Å²) in [7, 11) is -16.8. The van der Waals surface area contributed by atoms with Gasteiger partial charge in [0.05, 0.1) is 6.61 Å². The topological polar surface area (TPSA) is 244 Å². The number of aryl methyl sites for hydroxylation is 1. The van der Waals surface area contributed by atoms with Crippen molar-refractivity contribution in [1.82, 2.24) is 9.55 Å². The summed E-state index contributed by atoms with van der Waals surface area (Å²) in [4.78, 5) is 60.6. The molecule has 16 nitrogen and oxygen atoms in total. The van der Waals surface area contributed by atoms with Crippen LogP contribution in [-0.4, -0.2) is 53.0 Å². The van der Waals surface area contributed by atoms with Crippen molar-refractivity contribution in [1.29, 1.82) is 0 Å². The van der Waals surface area contributed by atoms with E-state index in [4.69, 9.17) is 19.4 Å². The quantitative estimate of drug-likeness (QED) is 0.248. The Balaban J connectivity index is 2.14. The van der Waals surface area contributed by atoms with Gasteiger partial charge in [-0.05, 0) is 6.92 Å². The van der Waals surface area contributed by atoms with Crippen molar-refractivity contribution >= 4 is 23.5 Å². The molecule has 19 heteroatoms. The SMILES string of the molecule is Cc1cn([C@@H]2OC[C@H](OP(=O)(O)OP(=O)(O)OP(=O)(O)O)[C@H]2O)c(=O)[nH]c1=O. The van der Waals surface area contributed by atoms with Gasteiger partial charge in [-0.3, -0.25) is 18.9 Å². The normalized spacial score (nSPS) is 27.3. The van der Waals surface area contributed by atoms with E-state index in [2.05, 4.69) is 13.1 Å². The first kappa shape index (κ1) is 23.3. The van der Waals surface area contributed by atoms with Crippen molar-refractivity contribution in [3.63, 3.8) is 0 Å². The van der Waals surface area contributed by atoms with Gasteiger partial charge in [-0.1, -0.05) is 0 Å². The number of hydrogen-bond donors (Lipinski definition) is 6. The predicted molar refractivity (Wildman–Crippen MR) is 85.8 cm³/mol. The molecule has 6 N–H and O–H groups in total. The molecular weight excluding hydrogens is 453 g/mol. The lowest BCUT2D eigenvalue weighted by Gasteiger charge is -2.22. The Morgan fingerprint density at radius 3 is 2.32 bits per heavy atom. The number of ether oxygens (including phenoxy) is 1. The average molecular weight is 468 g/mol. The van der Waals surface area contributed by atoms with Crippen LogP contribution in [0.1, 0.15) is 11.8 Å². The van der Waals surface area contributed by atoms with Crippen LogP contribution in [0.4, 0.5) is 0 Å². The Morgan fingerprint density at radius 2 is 1.75 bits per heavy atom. The number of aliphatic hydroxyl groups excluding tert-OH is 1. The molecule has 1 aliphatic rings. The molecule has 160 valence electrons. The van der Waals surface area contributed by atoms with Crippen LogP contribution in [0.2, 0.25) is 0 Å². The minimum atomic E-state index is -5.72. The lowest BCUT2D eigenvalue weighted by molar-refractivity contribution is -0.0211. The predicted octanol–water partition coefficient (Wildman–Crippen LogP) is -1.55. The van der Waals surface area contributed by atoms with Gasteiger partial charge in [0.1, 0.15) is 12.2 Å². The molecule has 2 unspecified atom stereocenters. The number of hydrogen-bond acceptors (Lipinski definition) is 10. The third-order valence-corrected chi connectivity index (χ3v) is 7.07. The second kappa shape index (κ2) is 8.03. The molecule has 28 heavy (non-hydrogen) atoms. The van der Waals surface area contributed by atoms with E-state index in [1.54, 1.807) is 0 Å². The number of aromatic nitrogens is 2. The fraction of sp³-hybridized carbons (Fsp3) is 0.556. The highest BCUT2D eigenvalue weighted by Crippen LogP contribution is 2.66. The third-order valence-electron chi connectivity index (χ3n) is 3.21. The van der Waals surface area contributed by atoms with Gasteiger partial charge in [-0.25, -0.2) is 18.5 Å². The molecule has 0 spiro atoms. The molecule has 0 amide bonds. The number of nitrogens with zero attached hydrogens (tertiary/aromatic N) is 1. The van der Waals surface area contributed by atoms with Gasteiger partial charge in [-0.2, -0.15) is 8.62 Å². The fourth-order valence-corrected chi connectivity index (χ4v) is 5.34. The highest BCUT2D eigenvalue weighted by Gasteiger charge is 2.46. The van der Waals surface area contributed by atoms with Crippen molar-refractivity contribution in [2.45, 2.75) is 25.4 Å². The van der Waals surface area contributed by atoms with E-state index in [1.807, 2.05) is 4.98 Å². The smallest absolute Gasteiger partial charge is 0.386 e. The monoisotopic (exact) mass is 468 g/mol. The minimum Gasteiger partial charge on any atom is -0.386 e. The van der Waals surface area contributed by atoms with Crippen molar-refractivity contribution in [2.75, 3.05) is 6.61 Å². The molecule has 5 atom stereocenters. The van der Waals surface area contributed by atoms with Crippen LogP contribution in [0.5, 0.6) is 0 Å². The molecule has 1 fully saturated rings. The first-order valence-corrected chi connectivity index (χ1v) is 11.6. The second-order valence-corrected chi connectivity index (χ2v) is 9.80. The summed E-state index contributed by atoms with van der Waals surface area (Å²) >= 11 is 0. The molecule has 0 radical (unpaired) electrons. The van der Waals surface area contributed by atoms with Crippen molar-refractivity contribution in [2.24, 2.45) is 0 Å². The van der Waals surface area contributed by atoms with E-state index < -0.39 is 59.8 Å². The summed E-state index contributed by atoms with van der Waals surface area (Å²) in [5, 5.41) is 10.2.